The van der Waals surface area contributed by atoms with Crippen LogP contribution in [0.4, 0.5) is 5.69 Å². The number of hydrogen-bond acceptors (Lipinski definition) is 4. The molecule has 0 unspecified atom stereocenters. The molecular formula is C25H29N3O3S. The van der Waals surface area contributed by atoms with Gasteiger partial charge in [-0.3, -0.25) is 14.4 Å². The van der Waals surface area contributed by atoms with Gasteiger partial charge in [0.1, 0.15) is 0 Å². The molecule has 1 fully saturated rings. The Balaban J connectivity index is 1.51. The fourth-order valence-corrected chi connectivity index (χ4v) is 5.19. The molecule has 1 aliphatic heterocycles. The van der Waals surface area contributed by atoms with Gasteiger partial charge in [-0.15, -0.1) is 0 Å². The highest BCUT2D eigenvalue weighted by atomic mass is 32.2. The monoisotopic (exact) mass is 451 g/mol. The van der Waals surface area contributed by atoms with Crippen LogP contribution >= 0.6 is 0 Å². The van der Waals surface area contributed by atoms with Crippen molar-refractivity contribution in [2.24, 2.45) is 0 Å². The molecule has 0 saturated carbocycles. The first-order valence-electron chi connectivity index (χ1n) is 11.0. The van der Waals surface area contributed by atoms with Crippen LogP contribution in [0, 0.1) is 0 Å². The Morgan fingerprint density at radius 2 is 1.66 bits per heavy atom. The van der Waals surface area contributed by atoms with Crippen LogP contribution < -0.4 is 4.72 Å². The smallest absolute Gasteiger partial charge is 0.261 e. The van der Waals surface area contributed by atoms with Crippen LogP contribution in [-0.2, 0) is 10.0 Å². The van der Waals surface area contributed by atoms with Crippen molar-refractivity contribution in [3.8, 4) is 0 Å². The molecule has 1 heterocycles. The second-order valence-electron chi connectivity index (χ2n) is 8.47. The van der Waals surface area contributed by atoms with Crippen molar-refractivity contribution in [1.29, 1.82) is 0 Å². The van der Waals surface area contributed by atoms with Gasteiger partial charge in [0.2, 0.25) is 0 Å². The molecule has 1 aliphatic rings. The van der Waals surface area contributed by atoms with Crippen molar-refractivity contribution < 1.29 is 13.2 Å². The van der Waals surface area contributed by atoms with Gasteiger partial charge >= 0.3 is 0 Å². The number of fused-ring (bicyclic) bond motifs is 1. The van der Waals surface area contributed by atoms with Crippen LogP contribution in [-0.4, -0.2) is 56.3 Å². The lowest BCUT2D eigenvalue weighted by Gasteiger charge is -2.25. The van der Waals surface area contributed by atoms with Gasteiger partial charge < -0.3 is 4.90 Å². The summed E-state index contributed by atoms with van der Waals surface area (Å²) in [5.41, 5.74) is 0.865. The highest BCUT2D eigenvalue weighted by Crippen LogP contribution is 2.22. The third kappa shape index (κ3) is 4.95. The van der Waals surface area contributed by atoms with E-state index in [0.717, 1.165) is 30.3 Å². The lowest BCUT2D eigenvalue weighted by Crippen LogP contribution is -2.37. The SMILES string of the molecule is CC(C)N1CCCN(C(=O)c2cccc(NS(=O)(=O)c3ccc4ccccc4c3)c2)CC1. The molecule has 3 aromatic carbocycles. The van der Waals surface area contributed by atoms with Gasteiger partial charge in [-0.25, -0.2) is 8.42 Å². The Morgan fingerprint density at radius 1 is 0.875 bits per heavy atom. The van der Waals surface area contributed by atoms with E-state index in [1.54, 1.807) is 42.5 Å². The van der Waals surface area contributed by atoms with Gasteiger partial charge in [0.15, 0.2) is 0 Å². The lowest BCUT2D eigenvalue weighted by atomic mass is 10.1. The van der Waals surface area contributed by atoms with Crippen LogP contribution in [0.25, 0.3) is 10.8 Å². The molecule has 0 radical (unpaired) electrons. The maximum absolute atomic E-state index is 13.1. The van der Waals surface area contributed by atoms with E-state index in [1.165, 1.54) is 0 Å². The van der Waals surface area contributed by atoms with Gasteiger partial charge in [-0.2, -0.15) is 0 Å². The Bertz CT molecular complexity index is 1220. The lowest BCUT2D eigenvalue weighted by molar-refractivity contribution is 0.0759. The first-order chi connectivity index (χ1) is 15.3. The number of rotatable bonds is 5. The van der Waals surface area contributed by atoms with Gasteiger partial charge in [0.05, 0.1) is 4.90 Å². The van der Waals surface area contributed by atoms with Crippen molar-refractivity contribution in [3.05, 3.63) is 72.3 Å². The highest BCUT2D eigenvalue weighted by Gasteiger charge is 2.22. The minimum absolute atomic E-state index is 0.0673. The third-order valence-corrected chi connectivity index (χ3v) is 7.32. The molecule has 7 heteroatoms. The summed E-state index contributed by atoms with van der Waals surface area (Å²) in [6.45, 7) is 7.54. The standard InChI is InChI=1S/C25H29N3O3S/c1-19(2)27-13-6-14-28(16-15-27)25(29)22-9-5-10-23(17-22)26-32(30,31)24-12-11-20-7-3-4-8-21(20)18-24/h3-5,7-12,17-19,26H,6,13-16H2,1-2H3. The summed E-state index contributed by atoms with van der Waals surface area (Å²) in [7, 11) is -3.78. The average Bonchev–Trinajstić information content (AvgIpc) is 3.05. The number of sulfonamides is 1. The second-order valence-corrected chi connectivity index (χ2v) is 10.2. The molecule has 4 rings (SSSR count). The zero-order chi connectivity index (χ0) is 22.7. The molecule has 1 amide bonds. The number of amides is 1. The predicted octanol–water partition coefficient (Wildman–Crippen LogP) is 4.20. The Kier molecular flexibility index (Phi) is 6.48. The third-order valence-electron chi connectivity index (χ3n) is 5.94. The van der Waals surface area contributed by atoms with Gasteiger partial charge in [0.25, 0.3) is 15.9 Å². The molecule has 0 atom stereocenters. The summed E-state index contributed by atoms with van der Waals surface area (Å²) >= 11 is 0. The molecule has 168 valence electrons. The average molecular weight is 452 g/mol. The zero-order valence-corrected chi connectivity index (χ0v) is 19.3. The number of carbonyl (C=O) groups excluding carboxylic acids is 1. The predicted molar refractivity (Wildman–Crippen MR) is 128 cm³/mol. The van der Waals surface area contributed by atoms with Crippen LogP contribution in [0.5, 0.6) is 0 Å². The van der Waals surface area contributed by atoms with Crippen molar-refractivity contribution >= 4 is 32.4 Å². The quantitative estimate of drug-likeness (QED) is 0.631. The minimum Gasteiger partial charge on any atom is -0.337 e. The van der Waals surface area contributed by atoms with Crippen molar-refractivity contribution in [2.75, 3.05) is 30.9 Å². The van der Waals surface area contributed by atoms with Gasteiger partial charge in [-0.05, 0) is 61.4 Å². The molecule has 0 spiro atoms. The van der Waals surface area contributed by atoms with Crippen LogP contribution in [0.2, 0.25) is 0 Å². The molecule has 1 saturated heterocycles. The van der Waals surface area contributed by atoms with E-state index in [2.05, 4.69) is 23.5 Å². The summed E-state index contributed by atoms with van der Waals surface area (Å²) in [4.78, 5) is 17.5. The van der Waals surface area contributed by atoms with Gasteiger partial charge in [0, 0.05) is 43.5 Å². The minimum atomic E-state index is -3.78. The van der Waals surface area contributed by atoms with E-state index in [9.17, 15) is 13.2 Å². The van der Waals surface area contributed by atoms with Crippen molar-refractivity contribution in [1.82, 2.24) is 9.80 Å². The summed E-state index contributed by atoms with van der Waals surface area (Å²) in [6.07, 6.45) is 0.929. The number of nitrogens with one attached hydrogen (secondary N) is 1. The summed E-state index contributed by atoms with van der Waals surface area (Å²) in [5, 5.41) is 1.84. The molecule has 3 aromatic rings. The molecule has 0 bridgehead atoms. The van der Waals surface area contributed by atoms with Crippen molar-refractivity contribution in [3.63, 3.8) is 0 Å². The molecule has 32 heavy (non-hydrogen) atoms. The van der Waals surface area contributed by atoms with Crippen molar-refractivity contribution in [2.45, 2.75) is 31.2 Å². The number of anilines is 1. The van der Waals surface area contributed by atoms with Crippen LogP contribution in [0.3, 0.4) is 0 Å². The maximum Gasteiger partial charge on any atom is 0.261 e. The fourth-order valence-electron chi connectivity index (χ4n) is 4.10. The van der Waals surface area contributed by atoms with E-state index in [-0.39, 0.29) is 10.8 Å². The Morgan fingerprint density at radius 3 is 2.44 bits per heavy atom. The zero-order valence-electron chi connectivity index (χ0n) is 18.5. The van der Waals surface area contributed by atoms with Gasteiger partial charge in [-0.1, -0.05) is 36.4 Å². The summed E-state index contributed by atoms with van der Waals surface area (Å²) in [5.74, 6) is -0.0673. The largest absolute Gasteiger partial charge is 0.337 e. The molecule has 1 N–H and O–H groups in total. The number of benzene rings is 3. The maximum atomic E-state index is 13.1. The topological polar surface area (TPSA) is 69.7 Å². The van der Waals surface area contributed by atoms with E-state index in [1.807, 2.05) is 29.2 Å². The summed E-state index contributed by atoms with van der Waals surface area (Å²) in [6, 6.07) is 19.9. The number of carbonyl (C=O) groups is 1. The van der Waals surface area contributed by atoms with Crippen LogP contribution in [0.1, 0.15) is 30.6 Å². The van der Waals surface area contributed by atoms with E-state index >= 15 is 0 Å². The first kappa shape index (κ1) is 22.3. The van der Waals surface area contributed by atoms with E-state index < -0.39 is 10.0 Å². The van der Waals surface area contributed by atoms with E-state index in [0.29, 0.717) is 30.4 Å². The number of nitrogens with zero attached hydrogens (tertiary/aromatic N) is 2. The normalized spacial score (nSPS) is 15.7. The fraction of sp³-hybridized carbons (Fsp3) is 0.320. The summed E-state index contributed by atoms with van der Waals surface area (Å²) < 4.78 is 28.5. The molecular weight excluding hydrogens is 422 g/mol. The Hall–Kier alpha value is -2.90. The van der Waals surface area contributed by atoms with E-state index in [4.69, 9.17) is 0 Å². The molecule has 0 aliphatic carbocycles. The van der Waals surface area contributed by atoms with Crippen LogP contribution in [0.15, 0.2) is 71.6 Å². The molecule has 0 aromatic heterocycles. The highest BCUT2D eigenvalue weighted by molar-refractivity contribution is 7.92. The Labute approximate surface area is 189 Å². The second kappa shape index (κ2) is 9.30. The molecule has 6 nitrogen and oxygen atoms in total. The number of hydrogen-bond donors (Lipinski definition) is 1. The first-order valence-corrected chi connectivity index (χ1v) is 12.5.